The first-order valence-electron chi connectivity index (χ1n) is 5.82. The van der Waals surface area contributed by atoms with Crippen molar-refractivity contribution in [3.63, 3.8) is 0 Å². The van der Waals surface area contributed by atoms with Gasteiger partial charge in [-0.3, -0.25) is 5.10 Å². The summed E-state index contributed by atoms with van der Waals surface area (Å²) >= 11 is 0. The molecule has 0 unspecified atom stereocenters. The lowest BCUT2D eigenvalue weighted by Gasteiger charge is -2.14. The summed E-state index contributed by atoms with van der Waals surface area (Å²) in [5, 5.41) is 7.25. The molecule has 1 heterocycles. The van der Waals surface area contributed by atoms with E-state index < -0.39 is 0 Å². The summed E-state index contributed by atoms with van der Waals surface area (Å²) in [6.07, 6.45) is 0. The second-order valence-electron chi connectivity index (χ2n) is 4.52. The number of benzene rings is 1. The van der Waals surface area contributed by atoms with E-state index in [0.29, 0.717) is 5.92 Å². The van der Waals surface area contributed by atoms with Crippen molar-refractivity contribution >= 4 is 0 Å². The van der Waals surface area contributed by atoms with Crippen LogP contribution in [0, 0.1) is 6.92 Å². The second kappa shape index (κ2) is 4.62. The van der Waals surface area contributed by atoms with Crippen molar-refractivity contribution in [2.45, 2.75) is 26.7 Å². The fourth-order valence-corrected chi connectivity index (χ4v) is 2.00. The van der Waals surface area contributed by atoms with Gasteiger partial charge in [-0.15, -0.1) is 0 Å². The Morgan fingerprint density at radius 1 is 1.29 bits per heavy atom. The van der Waals surface area contributed by atoms with Crippen LogP contribution in [0.5, 0.6) is 5.75 Å². The number of hydrogen-bond donors (Lipinski definition) is 1. The molecule has 0 aliphatic rings. The van der Waals surface area contributed by atoms with Crippen LogP contribution in [0.3, 0.4) is 0 Å². The largest absolute Gasteiger partial charge is 0.496 e. The maximum atomic E-state index is 5.55. The molecule has 3 nitrogen and oxygen atoms in total. The standard InChI is InChI=1S/C14H18N2O/c1-9(2)11-6-5-7-12(14(11)17-4)13-8-10(3)15-16-13/h5-9H,1-4H3,(H,15,16). The lowest BCUT2D eigenvalue weighted by atomic mass is 9.98. The number of methoxy groups -OCH3 is 1. The molecule has 0 atom stereocenters. The van der Waals surface area contributed by atoms with E-state index in [1.54, 1.807) is 7.11 Å². The average molecular weight is 230 g/mol. The van der Waals surface area contributed by atoms with E-state index in [1.807, 2.05) is 19.1 Å². The topological polar surface area (TPSA) is 37.9 Å². The van der Waals surface area contributed by atoms with Gasteiger partial charge < -0.3 is 4.74 Å². The Labute approximate surface area is 102 Å². The molecule has 90 valence electrons. The van der Waals surface area contributed by atoms with Gasteiger partial charge in [0.25, 0.3) is 0 Å². The Kier molecular flexibility index (Phi) is 3.18. The SMILES string of the molecule is COc1c(-c2cc(C)[nH]n2)cccc1C(C)C. The van der Waals surface area contributed by atoms with Gasteiger partial charge in [-0.05, 0) is 30.5 Å². The summed E-state index contributed by atoms with van der Waals surface area (Å²) in [6, 6.07) is 8.23. The monoisotopic (exact) mass is 230 g/mol. The van der Waals surface area contributed by atoms with Crippen molar-refractivity contribution in [2.24, 2.45) is 0 Å². The van der Waals surface area contributed by atoms with Gasteiger partial charge in [0.05, 0.1) is 12.8 Å². The first kappa shape index (κ1) is 11.7. The smallest absolute Gasteiger partial charge is 0.131 e. The van der Waals surface area contributed by atoms with Crippen molar-refractivity contribution in [2.75, 3.05) is 7.11 Å². The van der Waals surface area contributed by atoms with Gasteiger partial charge in [0.1, 0.15) is 5.75 Å². The molecular weight excluding hydrogens is 212 g/mol. The number of para-hydroxylation sites is 1. The number of aromatic nitrogens is 2. The van der Waals surface area contributed by atoms with E-state index in [2.05, 4.69) is 36.2 Å². The molecule has 0 aliphatic carbocycles. The Hall–Kier alpha value is -1.77. The van der Waals surface area contributed by atoms with E-state index in [-0.39, 0.29) is 0 Å². The van der Waals surface area contributed by atoms with Gasteiger partial charge >= 0.3 is 0 Å². The molecule has 3 heteroatoms. The van der Waals surface area contributed by atoms with Gasteiger partial charge in [-0.25, -0.2) is 0 Å². The quantitative estimate of drug-likeness (QED) is 0.876. The van der Waals surface area contributed by atoms with Crippen LogP contribution in [-0.4, -0.2) is 17.3 Å². The molecule has 1 aromatic carbocycles. The number of ether oxygens (including phenoxy) is 1. The highest BCUT2D eigenvalue weighted by molar-refractivity contribution is 5.69. The van der Waals surface area contributed by atoms with Gasteiger partial charge in [-0.2, -0.15) is 5.10 Å². The first-order valence-corrected chi connectivity index (χ1v) is 5.82. The Morgan fingerprint density at radius 3 is 2.59 bits per heavy atom. The first-order chi connectivity index (χ1) is 8.13. The lowest BCUT2D eigenvalue weighted by Crippen LogP contribution is -1.96. The van der Waals surface area contributed by atoms with Crippen LogP contribution in [0.15, 0.2) is 24.3 Å². The maximum absolute atomic E-state index is 5.55. The zero-order valence-electron chi connectivity index (χ0n) is 10.7. The average Bonchev–Trinajstić information content (AvgIpc) is 2.74. The van der Waals surface area contributed by atoms with Crippen LogP contribution in [0.2, 0.25) is 0 Å². The molecule has 0 amide bonds. The molecule has 0 fully saturated rings. The normalized spacial score (nSPS) is 10.9. The second-order valence-corrected chi connectivity index (χ2v) is 4.52. The minimum absolute atomic E-state index is 0.435. The highest BCUT2D eigenvalue weighted by atomic mass is 16.5. The predicted octanol–water partition coefficient (Wildman–Crippen LogP) is 3.52. The Bertz CT molecular complexity index is 515. The molecule has 17 heavy (non-hydrogen) atoms. The van der Waals surface area contributed by atoms with E-state index >= 15 is 0 Å². The molecule has 0 radical (unpaired) electrons. The number of hydrogen-bond acceptors (Lipinski definition) is 2. The summed E-state index contributed by atoms with van der Waals surface area (Å²) in [6.45, 7) is 6.32. The molecule has 0 spiro atoms. The highest BCUT2D eigenvalue weighted by Gasteiger charge is 2.14. The minimum atomic E-state index is 0.435. The number of aromatic amines is 1. The van der Waals surface area contributed by atoms with Crippen LogP contribution in [0.25, 0.3) is 11.3 Å². The lowest BCUT2D eigenvalue weighted by molar-refractivity contribution is 0.409. The van der Waals surface area contributed by atoms with E-state index in [4.69, 9.17) is 4.74 Å². The Balaban J connectivity index is 2.58. The molecule has 1 aromatic heterocycles. The maximum Gasteiger partial charge on any atom is 0.131 e. The highest BCUT2D eigenvalue weighted by Crippen LogP contribution is 2.35. The summed E-state index contributed by atoms with van der Waals surface area (Å²) in [5.41, 5.74) is 4.24. The van der Waals surface area contributed by atoms with E-state index in [1.165, 1.54) is 5.56 Å². The van der Waals surface area contributed by atoms with Crippen LogP contribution < -0.4 is 4.74 Å². The van der Waals surface area contributed by atoms with Crippen molar-refractivity contribution in [3.8, 4) is 17.0 Å². The fourth-order valence-electron chi connectivity index (χ4n) is 2.00. The summed E-state index contributed by atoms with van der Waals surface area (Å²) < 4.78 is 5.55. The van der Waals surface area contributed by atoms with Crippen molar-refractivity contribution in [3.05, 3.63) is 35.5 Å². The van der Waals surface area contributed by atoms with Gasteiger partial charge in [-0.1, -0.05) is 26.0 Å². The summed E-state index contributed by atoms with van der Waals surface area (Å²) in [4.78, 5) is 0. The summed E-state index contributed by atoms with van der Waals surface area (Å²) in [7, 11) is 1.71. The number of rotatable bonds is 3. The van der Waals surface area contributed by atoms with Gasteiger partial charge in [0.2, 0.25) is 0 Å². The number of nitrogens with one attached hydrogen (secondary N) is 1. The van der Waals surface area contributed by atoms with Gasteiger partial charge in [0.15, 0.2) is 0 Å². The zero-order valence-corrected chi connectivity index (χ0v) is 10.7. The zero-order chi connectivity index (χ0) is 12.4. The molecule has 2 aromatic rings. The van der Waals surface area contributed by atoms with Crippen LogP contribution in [-0.2, 0) is 0 Å². The van der Waals surface area contributed by atoms with Crippen molar-refractivity contribution in [1.29, 1.82) is 0 Å². The molecular formula is C14H18N2O. The minimum Gasteiger partial charge on any atom is -0.496 e. The number of H-pyrrole nitrogens is 1. The van der Waals surface area contributed by atoms with Crippen LogP contribution in [0.1, 0.15) is 31.0 Å². The van der Waals surface area contributed by atoms with Crippen LogP contribution >= 0.6 is 0 Å². The molecule has 1 N–H and O–H groups in total. The van der Waals surface area contributed by atoms with E-state index in [9.17, 15) is 0 Å². The van der Waals surface area contributed by atoms with Gasteiger partial charge in [0, 0.05) is 11.3 Å². The molecule has 0 aliphatic heterocycles. The molecule has 0 bridgehead atoms. The van der Waals surface area contributed by atoms with Crippen LogP contribution in [0.4, 0.5) is 0 Å². The van der Waals surface area contributed by atoms with Crippen molar-refractivity contribution in [1.82, 2.24) is 10.2 Å². The third-order valence-corrected chi connectivity index (χ3v) is 2.85. The number of nitrogens with zero attached hydrogens (tertiary/aromatic N) is 1. The van der Waals surface area contributed by atoms with E-state index in [0.717, 1.165) is 22.7 Å². The Morgan fingerprint density at radius 2 is 2.06 bits per heavy atom. The predicted molar refractivity (Wildman–Crippen MR) is 69.4 cm³/mol. The third kappa shape index (κ3) is 2.18. The van der Waals surface area contributed by atoms with Crippen molar-refractivity contribution < 1.29 is 4.74 Å². The molecule has 0 saturated carbocycles. The fraction of sp³-hybridized carbons (Fsp3) is 0.357. The molecule has 0 saturated heterocycles. The number of aryl methyl sites for hydroxylation is 1. The summed E-state index contributed by atoms with van der Waals surface area (Å²) in [5.74, 6) is 1.36. The molecule has 2 rings (SSSR count). The third-order valence-electron chi connectivity index (χ3n) is 2.85.